The zero-order valence-electron chi connectivity index (χ0n) is 12.8. The average molecular weight is 344 g/mol. The Kier molecular flexibility index (Phi) is 3.57. The highest BCUT2D eigenvalue weighted by Gasteiger charge is 2.24. The number of nitrogens with one attached hydrogen (secondary N) is 1. The van der Waals surface area contributed by atoms with Crippen molar-refractivity contribution >= 4 is 15.8 Å². The summed E-state index contributed by atoms with van der Waals surface area (Å²) < 4.78 is 29.1. The standard InChI is InChI=1S/C15H16N6O2S/c22-24(23,14-9-16-20(11-14)12-7-4-8-12)19-15-10-17-21(18-15)13-5-2-1-3-6-13/h1-3,5-6,9-12H,4,7-8H2,(H,18,19). The number of sulfonamides is 1. The van der Waals surface area contributed by atoms with E-state index in [1.165, 1.54) is 17.2 Å². The van der Waals surface area contributed by atoms with Crippen LogP contribution in [0, 0.1) is 0 Å². The third kappa shape index (κ3) is 2.78. The molecule has 0 unspecified atom stereocenters. The summed E-state index contributed by atoms with van der Waals surface area (Å²) in [5.74, 6) is 0.162. The Morgan fingerprint density at radius 3 is 2.58 bits per heavy atom. The number of hydrogen-bond acceptors (Lipinski definition) is 5. The summed E-state index contributed by atoms with van der Waals surface area (Å²) in [6, 6.07) is 9.58. The van der Waals surface area contributed by atoms with E-state index in [1.54, 1.807) is 10.9 Å². The summed E-state index contributed by atoms with van der Waals surface area (Å²) in [6.07, 6.45) is 7.55. The van der Waals surface area contributed by atoms with Gasteiger partial charge in [0.2, 0.25) is 0 Å². The zero-order valence-corrected chi connectivity index (χ0v) is 13.6. The molecular weight excluding hydrogens is 328 g/mol. The van der Waals surface area contributed by atoms with Crippen molar-refractivity contribution in [2.75, 3.05) is 4.72 Å². The quantitative estimate of drug-likeness (QED) is 0.764. The van der Waals surface area contributed by atoms with E-state index in [-0.39, 0.29) is 10.7 Å². The first-order valence-corrected chi connectivity index (χ1v) is 9.15. The highest BCUT2D eigenvalue weighted by Crippen LogP contribution is 2.31. The Hall–Kier alpha value is -2.68. The Morgan fingerprint density at radius 1 is 1.08 bits per heavy atom. The van der Waals surface area contributed by atoms with E-state index in [0.29, 0.717) is 6.04 Å². The van der Waals surface area contributed by atoms with Crippen molar-refractivity contribution in [3.63, 3.8) is 0 Å². The molecule has 1 fully saturated rings. The molecular formula is C15H16N6O2S. The SMILES string of the molecule is O=S(=O)(Nc1cnn(-c2ccccc2)n1)c1cnn(C2CCC2)c1. The first-order valence-electron chi connectivity index (χ1n) is 7.66. The van der Waals surface area contributed by atoms with Gasteiger partial charge in [-0.05, 0) is 31.4 Å². The fourth-order valence-corrected chi connectivity index (χ4v) is 3.42. The molecule has 0 aliphatic heterocycles. The van der Waals surface area contributed by atoms with Gasteiger partial charge in [-0.25, -0.2) is 8.42 Å². The molecule has 2 aromatic heterocycles. The van der Waals surface area contributed by atoms with Gasteiger partial charge in [0.15, 0.2) is 5.82 Å². The molecule has 0 spiro atoms. The molecule has 4 rings (SSSR count). The van der Waals surface area contributed by atoms with Crippen LogP contribution in [0.2, 0.25) is 0 Å². The summed E-state index contributed by atoms with van der Waals surface area (Å²) in [4.78, 5) is 1.50. The monoisotopic (exact) mass is 344 g/mol. The molecule has 1 saturated carbocycles. The van der Waals surface area contributed by atoms with Gasteiger partial charge in [0.25, 0.3) is 10.0 Å². The van der Waals surface area contributed by atoms with E-state index >= 15 is 0 Å². The predicted molar refractivity (Wildman–Crippen MR) is 87.3 cm³/mol. The van der Waals surface area contributed by atoms with E-state index in [1.807, 2.05) is 30.3 Å². The Labute approximate surface area is 139 Å². The van der Waals surface area contributed by atoms with Crippen molar-refractivity contribution in [3.05, 3.63) is 48.9 Å². The van der Waals surface area contributed by atoms with E-state index in [2.05, 4.69) is 20.0 Å². The van der Waals surface area contributed by atoms with Crippen LogP contribution in [0.5, 0.6) is 0 Å². The molecule has 9 heteroatoms. The van der Waals surface area contributed by atoms with Gasteiger partial charge < -0.3 is 0 Å². The van der Waals surface area contributed by atoms with Crippen LogP contribution in [0.1, 0.15) is 25.3 Å². The minimum atomic E-state index is -3.73. The van der Waals surface area contributed by atoms with Crippen molar-refractivity contribution in [1.82, 2.24) is 24.8 Å². The number of rotatable bonds is 5. The molecule has 1 aliphatic rings. The summed E-state index contributed by atoms with van der Waals surface area (Å²) in [5, 5.41) is 12.4. The molecule has 1 N–H and O–H groups in total. The fraction of sp³-hybridized carbons (Fsp3) is 0.267. The topological polar surface area (TPSA) is 94.7 Å². The summed E-state index contributed by atoms with van der Waals surface area (Å²) >= 11 is 0. The first-order chi connectivity index (χ1) is 11.6. The second kappa shape index (κ2) is 5.75. The second-order valence-electron chi connectivity index (χ2n) is 5.70. The van der Waals surface area contributed by atoms with Crippen LogP contribution < -0.4 is 4.72 Å². The molecule has 0 amide bonds. The normalized spacial score (nSPS) is 15.2. The third-order valence-corrected chi connectivity index (χ3v) is 5.36. The molecule has 2 heterocycles. The van der Waals surface area contributed by atoms with Gasteiger partial charge in [-0.2, -0.15) is 10.2 Å². The summed E-state index contributed by atoms with van der Waals surface area (Å²) in [5.41, 5.74) is 0.751. The Morgan fingerprint density at radius 2 is 1.88 bits per heavy atom. The molecule has 1 aromatic carbocycles. The lowest BCUT2D eigenvalue weighted by Crippen LogP contribution is -2.17. The third-order valence-electron chi connectivity index (χ3n) is 4.05. The molecule has 3 aromatic rings. The summed E-state index contributed by atoms with van der Waals surface area (Å²) in [7, 11) is -3.73. The van der Waals surface area contributed by atoms with E-state index in [0.717, 1.165) is 24.9 Å². The smallest absolute Gasteiger partial charge is 0.266 e. The van der Waals surface area contributed by atoms with Crippen LogP contribution in [-0.2, 0) is 10.0 Å². The number of para-hydroxylation sites is 1. The number of aromatic nitrogens is 5. The molecule has 0 radical (unpaired) electrons. The first kappa shape index (κ1) is 14.9. The number of anilines is 1. The maximum Gasteiger partial charge on any atom is 0.266 e. The number of hydrogen-bond donors (Lipinski definition) is 1. The minimum Gasteiger partial charge on any atom is -0.268 e. The maximum atomic E-state index is 12.4. The minimum absolute atomic E-state index is 0.128. The van der Waals surface area contributed by atoms with E-state index < -0.39 is 10.0 Å². The van der Waals surface area contributed by atoms with Gasteiger partial charge in [-0.15, -0.1) is 9.90 Å². The van der Waals surface area contributed by atoms with Crippen molar-refractivity contribution in [2.24, 2.45) is 0 Å². The molecule has 0 saturated heterocycles. The zero-order chi connectivity index (χ0) is 16.6. The Balaban J connectivity index is 1.53. The number of nitrogens with zero attached hydrogens (tertiary/aromatic N) is 5. The van der Waals surface area contributed by atoms with Crippen LogP contribution in [0.4, 0.5) is 5.82 Å². The van der Waals surface area contributed by atoms with Crippen LogP contribution in [0.25, 0.3) is 5.69 Å². The van der Waals surface area contributed by atoms with Gasteiger partial charge >= 0.3 is 0 Å². The van der Waals surface area contributed by atoms with Crippen molar-refractivity contribution in [1.29, 1.82) is 0 Å². The van der Waals surface area contributed by atoms with Crippen LogP contribution in [0.15, 0.2) is 53.8 Å². The summed E-state index contributed by atoms with van der Waals surface area (Å²) in [6.45, 7) is 0. The van der Waals surface area contributed by atoms with E-state index in [4.69, 9.17) is 0 Å². The lowest BCUT2D eigenvalue weighted by Gasteiger charge is -2.25. The van der Waals surface area contributed by atoms with Crippen molar-refractivity contribution in [2.45, 2.75) is 30.2 Å². The van der Waals surface area contributed by atoms with Crippen LogP contribution in [0.3, 0.4) is 0 Å². The van der Waals surface area contributed by atoms with Gasteiger partial charge in [0, 0.05) is 6.20 Å². The molecule has 0 bridgehead atoms. The van der Waals surface area contributed by atoms with Gasteiger partial charge in [0.1, 0.15) is 4.90 Å². The van der Waals surface area contributed by atoms with Crippen LogP contribution in [-0.4, -0.2) is 33.2 Å². The molecule has 24 heavy (non-hydrogen) atoms. The molecule has 0 atom stereocenters. The highest BCUT2D eigenvalue weighted by molar-refractivity contribution is 7.92. The van der Waals surface area contributed by atoms with Crippen LogP contribution >= 0.6 is 0 Å². The van der Waals surface area contributed by atoms with Crippen molar-refractivity contribution < 1.29 is 8.42 Å². The Bertz CT molecular complexity index is 943. The molecule has 1 aliphatic carbocycles. The average Bonchev–Trinajstić information content (AvgIpc) is 3.16. The molecule has 124 valence electrons. The van der Waals surface area contributed by atoms with Gasteiger partial charge in [-0.1, -0.05) is 18.2 Å². The highest BCUT2D eigenvalue weighted by atomic mass is 32.2. The van der Waals surface area contributed by atoms with Crippen molar-refractivity contribution in [3.8, 4) is 5.69 Å². The predicted octanol–water partition coefficient (Wildman–Crippen LogP) is 1.99. The van der Waals surface area contributed by atoms with E-state index in [9.17, 15) is 8.42 Å². The largest absolute Gasteiger partial charge is 0.268 e. The second-order valence-corrected chi connectivity index (χ2v) is 7.38. The fourth-order valence-electron chi connectivity index (χ4n) is 2.50. The van der Waals surface area contributed by atoms with Gasteiger partial charge in [0.05, 0.1) is 24.1 Å². The van der Waals surface area contributed by atoms with Gasteiger partial charge in [-0.3, -0.25) is 9.40 Å². The lowest BCUT2D eigenvalue weighted by atomic mass is 9.93. The number of benzene rings is 1. The maximum absolute atomic E-state index is 12.4. The lowest BCUT2D eigenvalue weighted by molar-refractivity contribution is 0.289. The molecule has 8 nitrogen and oxygen atoms in total.